The zero-order valence-corrected chi connectivity index (χ0v) is 11.0. The van der Waals surface area contributed by atoms with Gasteiger partial charge in [0.25, 0.3) is 5.91 Å². The quantitative estimate of drug-likeness (QED) is 0.785. The highest BCUT2D eigenvalue weighted by molar-refractivity contribution is 6.24. The van der Waals surface area contributed by atoms with E-state index in [-0.39, 0.29) is 15.7 Å². The second kappa shape index (κ2) is 9.42. The molecule has 1 aromatic carbocycles. The third-order valence-electron chi connectivity index (χ3n) is 1.67. The molecule has 15 heavy (non-hydrogen) atoms. The summed E-state index contributed by atoms with van der Waals surface area (Å²) in [5.41, 5.74) is 0.699. The maximum Gasteiger partial charge on any atom is 0.251 e. The Balaban J connectivity index is 0.000000336. The summed E-state index contributed by atoms with van der Waals surface area (Å²) in [5.74, 6) is -0.0411. The summed E-state index contributed by atoms with van der Waals surface area (Å²) in [6.45, 7) is 5.06. The highest BCUT2D eigenvalue weighted by atomic mass is 28.2. The molecule has 0 spiro atoms. The van der Waals surface area contributed by atoms with Crippen LogP contribution in [0.1, 0.15) is 17.3 Å². The lowest BCUT2D eigenvalue weighted by molar-refractivity contribution is 0.0963. The van der Waals surface area contributed by atoms with E-state index < -0.39 is 0 Å². The van der Waals surface area contributed by atoms with E-state index >= 15 is 0 Å². The minimum Gasteiger partial charge on any atom is -0.425 e. The molecule has 0 aliphatic rings. The van der Waals surface area contributed by atoms with Gasteiger partial charge in [-0.05, 0) is 19.1 Å². The summed E-state index contributed by atoms with van der Waals surface area (Å²) in [7, 11) is 1.53. The standard InChI is InChI=1S/C8H9NO.C3H10OSi/c1-9-8(10)7-5-3-2-4-6-7;1-3-4-5-2/h2-6H,1H3,(H,9,10);3,5H2,1-2H3. The van der Waals surface area contributed by atoms with Crippen molar-refractivity contribution in [2.45, 2.75) is 13.5 Å². The van der Waals surface area contributed by atoms with Gasteiger partial charge in [-0.1, -0.05) is 24.7 Å². The summed E-state index contributed by atoms with van der Waals surface area (Å²) in [4.78, 5) is 10.9. The largest absolute Gasteiger partial charge is 0.425 e. The van der Waals surface area contributed by atoms with Crippen LogP contribution in [0, 0.1) is 0 Å². The number of hydrogen-bond donors (Lipinski definition) is 1. The highest BCUT2D eigenvalue weighted by Gasteiger charge is 1.97. The van der Waals surface area contributed by atoms with E-state index in [1.165, 1.54) is 0 Å². The van der Waals surface area contributed by atoms with E-state index in [1.807, 2.05) is 25.1 Å². The fourth-order valence-corrected chi connectivity index (χ4v) is 1.35. The molecule has 3 nitrogen and oxygen atoms in total. The van der Waals surface area contributed by atoms with Gasteiger partial charge >= 0.3 is 0 Å². The Morgan fingerprint density at radius 1 is 1.40 bits per heavy atom. The molecule has 4 heteroatoms. The molecule has 0 fully saturated rings. The first kappa shape index (κ1) is 13.9. The molecule has 0 heterocycles. The Labute approximate surface area is 93.8 Å². The molecule has 0 saturated carbocycles. The maximum atomic E-state index is 10.9. The molecule has 0 atom stereocenters. The average molecular weight is 225 g/mol. The lowest BCUT2D eigenvalue weighted by Gasteiger charge is -1.96. The minimum absolute atomic E-state index is 0.0411. The van der Waals surface area contributed by atoms with Crippen LogP contribution >= 0.6 is 0 Å². The second-order valence-corrected chi connectivity index (χ2v) is 3.71. The Kier molecular flexibility index (Phi) is 8.71. The van der Waals surface area contributed by atoms with Crippen LogP contribution in [0.3, 0.4) is 0 Å². The van der Waals surface area contributed by atoms with Gasteiger partial charge in [0.2, 0.25) is 0 Å². The average Bonchev–Trinajstić information content (AvgIpc) is 2.31. The van der Waals surface area contributed by atoms with Crippen LogP contribution in [0.5, 0.6) is 0 Å². The zero-order chi connectivity index (χ0) is 11.5. The first-order valence-corrected chi connectivity index (χ1v) is 7.10. The molecule has 0 aromatic heterocycles. The van der Waals surface area contributed by atoms with Gasteiger partial charge in [0.1, 0.15) is 0 Å². The first-order chi connectivity index (χ1) is 7.26. The highest BCUT2D eigenvalue weighted by Crippen LogP contribution is 1.96. The molecular formula is C11H19NO2Si. The lowest BCUT2D eigenvalue weighted by atomic mass is 10.2. The Morgan fingerprint density at radius 2 is 2.00 bits per heavy atom. The number of benzene rings is 1. The summed E-state index contributed by atoms with van der Waals surface area (Å²) in [6.07, 6.45) is 0. The number of nitrogens with one attached hydrogen (secondary N) is 1. The lowest BCUT2D eigenvalue weighted by Crippen LogP contribution is -2.17. The second-order valence-electron chi connectivity index (χ2n) is 2.73. The summed E-state index contributed by atoms with van der Waals surface area (Å²) >= 11 is 0. The molecule has 0 aliphatic heterocycles. The van der Waals surface area contributed by atoms with E-state index in [0.717, 1.165) is 6.61 Å². The van der Waals surface area contributed by atoms with E-state index in [0.29, 0.717) is 5.56 Å². The molecule has 1 N–H and O–H groups in total. The molecule has 0 unspecified atom stereocenters. The molecular weight excluding hydrogens is 206 g/mol. The van der Waals surface area contributed by atoms with Crippen LogP contribution in [-0.2, 0) is 4.43 Å². The third-order valence-corrected chi connectivity index (χ3v) is 2.49. The SMILES string of the molecule is CCO[SiH2]C.CNC(=O)c1ccccc1. The van der Waals surface area contributed by atoms with E-state index in [4.69, 9.17) is 4.43 Å². The Morgan fingerprint density at radius 3 is 2.33 bits per heavy atom. The zero-order valence-electron chi connectivity index (χ0n) is 9.62. The normalized spacial score (nSPS) is 9.53. The van der Waals surface area contributed by atoms with Crippen molar-refractivity contribution in [2.24, 2.45) is 0 Å². The van der Waals surface area contributed by atoms with Crippen LogP contribution in [0.25, 0.3) is 0 Å². The van der Waals surface area contributed by atoms with E-state index in [2.05, 4.69) is 11.9 Å². The fraction of sp³-hybridized carbons (Fsp3) is 0.364. The van der Waals surface area contributed by atoms with Gasteiger partial charge in [-0.25, -0.2) is 0 Å². The molecule has 0 radical (unpaired) electrons. The predicted octanol–water partition coefficient (Wildman–Crippen LogP) is 1.20. The fourth-order valence-electron chi connectivity index (χ4n) is 0.938. The van der Waals surface area contributed by atoms with Crippen LogP contribution < -0.4 is 5.32 Å². The minimum atomic E-state index is -0.0860. The number of rotatable bonds is 3. The van der Waals surface area contributed by atoms with Crippen LogP contribution in [0.2, 0.25) is 6.55 Å². The van der Waals surface area contributed by atoms with Crippen LogP contribution in [0.4, 0.5) is 0 Å². The van der Waals surface area contributed by atoms with Gasteiger partial charge in [-0.15, -0.1) is 0 Å². The van der Waals surface area contributed by atoms with Crippen LogP contribution in [0.15, 0.2) is 30.3 Å². The molecule has 84 valence electrons. The first-order valence-electron chi connectivity index (χ1n) is 5.11. The molecule has 1 rings (SSSR count). The monoisotopic (exact) mass is 225 g/mol. The van der Waals surface area contributed by atoms with Crippen molar-refractivity contribution >= 4 is 15.7 Å². The maximum absolute atomic E-state index is 10.9. The van der Waals surface area contributed by atoms with Crippen molar-refractivity contribution in [3.8, 4) is 0 Å². The number of carbonyl (C=O) groups is 1. The van der Waals surface area contributed by atoms with Gasteiger partial charge in [0, 0.05) is 19.2 Å². The van der Waals surface area contributed by atoms with E-state index in [9.17, 15) is 4.79 Å². The smallest absolute Gasteiger partial charge is 0.251 e. The number of carbonyl (C=O) groups excluding carboxylic acids is 1. The Hall–Kier alpha value is -1.13. The number of hydrogen-bond acceptors (Lipinski definition) is 2. The van der Waals surface area contributed by atoms with E-state index in [1.54, 1.807) is 19.2 Å². The predicted molar refractivity (Wildman–Crippen MR) is 65.9 cm³/mol. The molecule has 0 saturated heterocycles. The molecule has 1 aromatic rings. The Bertz CT molecular complexity index is 263. The number of amides is 1. The molecule has 1 amide bonds. The summed E-state index contributed by atoms with van der Waals surface area (Å²) in [6, 6.07) is 9.11. The van der Waals surface area contributed by atoms with Crippen molar-refractivity contribution in [3.05, 3.63) is 35.9 Å². The third kappa shape index (κ3) is 6.87. The molecule has 0 aliphatic carbocycles. The summed E-state index contributed by atoms with van der Waals surface area (Å²) in [5, 5.41) is 2.54. The van der Waals surface area contributed by atoms with Crippen molar-refractivity contribution in [1.29, 1.82) is 0 Å². The van der Waals surface area contributed by atoms with Gasteiger partial charge < -0.3 is 9.74 Å². The van der Waals surface area contributed by atoms with Crippen molar-refractivity contribution in [1.82, 2.24) is 5.32 Å². The van der Waals surface area contributed by atoms with Crippen molar-refractivity contribution < 1.29 is 9.22 Å². The van der Waals surface area contributed by atoms with Gasteiger partial charge in [0.05, 0.1) is 0 Å². The topological polar surface area (TPSA) is 38.3 Å². The van der Waals surface area contributed by atoms with Crippen molar-refractivity contribution in [3.63, 3.8) is 0 Å². The molecule has 0 bridgehead atoms. The van der Waals surface area contributed by atoms with Crippen LogP contribution in [-0.4, -0.2) is 29.3 Å². The summed E-state index contributed by atoms with van der Waals surface area (Å²) < 4.78 is 4.97. The van der Waals surface area contributed by atoms with Crippen molar-refractivity contribution in [2.75, 3.05) is 13.7 Å². The van der Waals surface area contributed by atoms with Gasteiger partial charge in [0.15, 0.2) is 9.76 Å². The van der Waals surface area contributed by atoms with Gasteiger partial charge in [-0.2, -0.15) is 0 Å². The van der Waals surface area contributed by atoms with Gasteiger partial charge in [-0.3, -0.25) is 4.79 Å².